The van der Waals surface area contributed by atoms with Crippen LogP contribution in [-0.2, 0) is 18.1 Å². The predicted octanol–water partition coefficient (Wildman–Crippen LogP) is 4.83. The molecule has 0 spiro atoms. The van der Waals surface area contributed by atoms with Crippen LogP contribution in [0.5, 0.6) is 0 Å². The quantitative estimate of drug-likeness (QED) is 0.793. The third-order valence-electron chi connectivity index (χ3n) is 3.20. The largest absolute Gasteiger partial charge is 0.464 e. The summed E-state index contributed by atoms with van der Waals surface area (Å²) in [5, 5.41) is 3.37. The van der Waals surface area contributed by atoms with Gasteiger partial charge in [0.05, 0.1) is 12.3 Å². The highest BCUT2D eigenvalue weighted by atomic mass is 32.2. The van der Waals surface area contributed by atoms with Crippen LogP contribution in [0.3, 0.4) is 0 Å². The highest BCUT2D eigenvalue weighted by Crippen LogP contribution is 2.21. The molecule has 0 aliphatic heterocycles. The fourth-order valence-electron chi connectivity index (χ4n) is 2.32. The van der Waals surface area contributed by atoms with Crippen molar-refractivity contribution in [2.24, 2.45) is 0 Å². The lowest BCUT2D eigenvalue weighted by molar-refractivity contribution is 0.445. The molecule has 1 heterocycles. The van der Waals surface area contributed by atoms with Crippen LogP contribution >= 0.6 is 11.8 Å². The van der Waals surface area contributed by atoms with Crippen molar-refractivity contribution in [2.45, 2.75) is 51.8 Å². The first-order chi connectivity index (χ1) is 10.0. The van der Waals surface area contributed by atoms with Crippen molar-refractivity contribution in [1.29, 1.82) is 0 Å². The van der Waals surface area contributed by atoms with Gasteiger partial charge in [0.25, 0.3) is 0 Å². The van der Waals surface area contributed by atoms with Gasteiger partial charge in [0, 0.05) is 11.8 Å². The summed E-state index contributed by atoms with van der Waals surface area (Å²) in [4.78, 5) is 0. The summed E-state index contributed by atoms with van der Waals surface area (Å²) in [6, 6.07) is 11.4. The molecule has 0 saturated heterocycles. The van der Waals surface area contributed by atoms with Crippen molar-refractivity contribution >= 4 is 11.8 Å². The molecule has 0 fully saturated rings. The van der Waals surface area contributed by atoms with E-state index in [4.69, 9.17) is 4.42 Å². The average Bonchev–Trinajstić information content (AvgIpc) is 2.83. The normalized spacial score (nSPS) is 11.3. The molecule has 0 aliphatic rings. The van der Waals surface area contributed by atoms with Gasteiger partial charge in [-0.25, -0.2) is 0 Å². The molecule has 1 N–H and O–H groups in total. The fraction of sp³-hybridized carbons (Fsp3) is 0.444. The highest BCUT2D eigenvalue weighted by Gasteiger charge is 2.04. The van der Waals surface area contributed by atoms with Crippen LogP contribution in [0, 0.1) is 13.8 Å². The molecular weight excluding hydrogens is 278 g/mol. The number of benzene rings is 1. The van der Waals surface area contributed by atoms with E-state index in [-0.39, 0.29) is 0 Å². The van der Waals surface area contributed by atoms with E-state index < -0.39 is 0 Å². The summed E-state index contributed by atoms with van der Waals surface area (Å²) in [6.45, 7) is 9.40. The van der Waals surface area contributed by atoms with Crippen LogP contribution in [0.2, 0.25) is 0 Å². The Bertz CT molecular complexity index is 554. The van der Waals surface area contributed by atoms with Gasteiger partial charge in [-0.05, 0) is 31.5 Å². The molecule has 114 valence electrons. The van der Waals surface area contributed by atoms with E-state index >= 15 is 0 Å². The van der Waals surface area contributed by atoms with Crippen molar-refractivity contribution in [3.63, 3.8) is 0 Å². The molecule has 21 heavy (non-hydrogen) atoms. The van der Waals surface area contributed by atoms with Crippen LogP contribution in [0.4, 0.5) is 0 Å². The summed E-state index contributed by atoms with van der Waals surface area (Å²) in [6.07, 6.45) is 0. The molecule has 0 aliphatic carbocycles. The number of aryl methyl sites for hydroxylation is 2. The molecule has 0 radical (unpaired) electrons. The number of rotatable bonds is 7. The minimum atomic E-state index is 0.484. The first-order valence-corrected chi connectivity index (χ1v) is 8.64. The standard InChI is InChI=1S/C18H25NOS/c1-13(2)19-10-17-5-6-18(20-17)12-21-11-16-8-14(3)7-15(4)9-16/h5-9,13,19H,10-12H2,1-4H3. The molecule has 0 unspecified atom stereocenters. The van der Waals surface area contributed by atoms with E-state index in [2.05, 4.69) is 63.3 Å². The van der Waals surface area contributed by atoms with Gasteiger partial charge in [-0.3, -0.25) is 0 Å². The predicted molar refractivity (Wildman–Crippen MR) is 91.6 cm³/mol. The minimum Gasteiger partial charge on any atom is -0.464 e. The van der Waals surface area contributed by atoms with Crippen LogP contribution in [0.1, 0.15) is 42.1 Å². The number of nitrogens with one attached hydrogen (secondary N) is 1. The SMILES string of the molecule is Cc1cc(C)cc(CSCc2ccc(CNC(C)C)o2)c1. The molecule has 0 saturated carbocycles. The van der Waals surface area contributed by atoms with Crippen LogP contribution in [0.15, 0.2) is 34.7 Å². The summed E-state index contributed by atoms with van der Waals surface area (Å²) in [5.74, 6) is 4.04. The fourth-order valence-corrected chi connectivity index (χ4v) is 3.18. The number of thioether (sulfide) groups is 1. The maximum absolute atomic E-state index is 5.84. The zero-order chi connectivity index (χ0) is 15.2. The van der Waals surface area contributed by atoms with Crippen LogP contribution < -0.4 is 5.32 Å². The van der Waals surface area contributed by atoms with Gasteiger partial charge in [0.1, 0.15) is 11.5 Å². The Balaban J connectivity index is 1.80. The maximum atomic E-state index is 5.84. The molecule has 2 rings (SSSR count). The second-order valence-corrected chi connectivity index (χ2v) is 6.88. The molecule has 2 aromatic rings. The van der Waals surface area contributed by atoms with Crippen LogP contribution in [0.25, 0.3) is 0 Å². The monoisotopic (exact) mass is 303 g/mol. The molecule has 2 nitrogen and oxygen atoms in total. The van der Waals surface area contributed by atoms with Gasteiger partial charge in [0.15, 0.2) is 0 Å². The Morgan fingerprint density at radius 3 is 2.33 bits per heavy atom. The summed E-state index contributed by atoms with van der Waals surface area (Å²) in [7, 11) is 0. The van der Waals surface area contributed by atoms with E-state index in [0.29, 0.717) is 6.04 Å². The van der Waals surface area contributed by atoms with Gasteiger partial charge in [-0.15, -0.1) is 11.8 Å². The van der Waals surface area contributed by atoms with Crippen molar-refractivity contribution in [2.75, 3.05) is 0 Å². The lowest BCUT2D eigenvalue weighted by atomic mass is 10.1. The van der Waals surface area contributed by atoms with Crippen molar-refractivity contribution in [3.05, 3.63) is 58.5 Å². The minimum absolute atomic E-state index is 0.484. The Kier molecular flexibility index (Phi) is 5.95. The van der Waals surface area contributed by atoms with E-state index in [9.17, 15) is 0 Å². The number of hydrogen-bond donors (Lipinski definition) is 1. The van der Waals surface area contributed by atoms with Gasteiger partial charge >= 0.3 is 0 Å². The summed E-state index contributed by atoms with van der Waals surface area (Å²) >= 11 is 1.90. The highest BCUT2D eigenvalue weighted by molar-refractivity contribution is 7.97. The zero-order valence-corrected chi connectivity index (χ0v) is 14.2. The molecule has 0 amide bonds. The van der Waals surface area contributed by atoms with E-state index in [1.54, 1.807) is 0 Å². The van der Waals surface area contributed by atoms with Crippen molar-refractivity contribution in [1.82, 2.24) is 5.32 Å². The Morgan fingerprint density at radius 1 is 1.00 bits per heavy atom. The number of hydrogen-bond acceptors (Lipinski definition) is 3. The Morgan fingerprint density at radius 2 is 1.67 bits per heavy atom. The first kappa shape index (κ1) is 16.2. The Hall–Kier alpha value is -1.19. The van der Waals surface area contributed by atoms with Gasteiger partial charge in [-0.1, -0.05) is 43.2 Å². The molecule has 0 atom stereocenters. The lowest BCUT2D eigenvalue weighted by Gasteiger charge is -2.05. The summed E-state index contributed by atoms with van der Waals surface area (Å²) < 4.78 is 5.84. The zero-order valence-electron chi connectivity index (χ0n) is 13.4. The molecule has 3 heteroatoms. The summed E-state index contributed by atoms with van der Waals surface area (Å²) in [5.41, 5.74) is 4.07. The van der Waals surface area contributed by atoms with E-state index in [1.165, 1.54) is 16.7 Å². The first-order valence-electron chi connectivity index (χ1n) is 7.49. The van der Waals surface area contributed by atoms with Gasteiger partial charge < -0.3 is 9.73 Å². The van der Waals surface area contributed by atoms with Crippen LogP contribution in [-0.4, -0.2) is 6.04 Å². The second-order valence-electron chi connectivity index (χ2n) is 5.89. The van der Waals surface area contributed by atoms with Gasteiger partial charge in [0.2, 0.25) is 0 Å². The third-order valence-corrected chi connectivity index (χ3v) is 4.22. The Labute approximate surface area is 132 Å². The third kappa shape index (κ3) is 5.60. The average molecular weight is 303 g/mol. The lowest BCUT2D eigenvalue weighted by Crippen LogP contribution is -2.21. The molecule has 0 bridgehead atoms. The maximum Gasteiger partial charge on any atom is 0.118 e. The smallest absolute Gasteiger partial charge is 0.118 e. The van der Waals surface area contributed by atoms with Crippen molar-refractivity contribution < 1.29 is 4.42 Å². The van der Waals surface area contributed by atoms with Crippen molar-refractivity contribution in [3.8, 4) is 0 Å². The molecule has 1 aromatic heterocycles. The molecule has 1 aromatic carbocycles. The topological polar surface area (TPSA) is 25.2 Å². The van der Waals surface area contributed by atoms with E-state index in [1.807, 2.05) is 11.8 Å². The second kappa shape index (κ2) is 7.71. The van der Waals surface area contributed by atoms with E-state index in [0.717, 1.165) is 29.6 Å². The van der Waals surface area contributed by atoms with Gasteiger partial charge in [-0.2, -0.15) is 0 Å². The molecular formula is C18H25NOS. The number of furan rings is 1.